The van der Waals surface area contributed by atoms with Gasteiger partial charge in [0.25, 0.3) is 0 Å². The van der Waals surface area contributed by atoms with E-state index in [0.29, 0.717) is 24.3 Å². The summed E-state index contributed by atoms with van der Waals surface area (Å²) in [5, 5.41) is 0. The van der Waals surface area contributed by atoms with Gasteiger partial charge in [-0.15, -0.1) is 0 Å². The van der Waals surface area contributed by atoms with Crippen LogP contribution in [0, 0.1) is 0 Å². The SMILES string of the molecule is Nc1cc(Oc2cccc(C(F)(F)F)c2Oc2ccc(C(F)(F)F)c(N)c2)ccc1C(F)(F)F. The highest BCUT2D eigenvalue weighted by Gasteiger charge is 2.37. The van der Waals surface area contributed by atoms with Gasteiger partial charge in [-0.25, -0.2) is 0 Å². The van der Waals surface area contributed by atoms with Crippen LogP contribution in [0.3, 0.4) is 0 Å². The summed E-state index contributed by atoms with van der Waals surface area (Å²) in [5.41, 5.74) is 5.43. The number of ether oxygens (including phenoxy) is 2. The van der Waals surface area contributed by atoms with Crippen molar-refractivity contribution in [3.63, 3.8) is 0 Å². The topological polar surface area (TPSA) is 70.5 Å². The molecule has 0 unspecified atom stereocenters. The molecule has 0 saturated heterocycles. The monoisotopic (exact) mass is 496 g/mol. The lowest BCUT2D eigenvalue weighted by Gasteiger charge is -2.19. The zero-order valence-electron chi connectivity index (χ0n) is 16.6. The van der Waals surface area contributed by atoms with Crippen LogP contribution >= 0.6 is 0 Å². The zero-order valence-corrected chi connectivity index (χ0v) is 16.6. The minimum Gasteiger partial charge on any atom is -0.453 e. The van der Waals surface area contributed by atoms with Crippen LogP contribution in [-0.2, 0) is 18.5 Å². The van der Waals surface area contributed by atoms with Crippen molar-refractivity contribution in [1.82, 2.24) is 0 Å². The van der Waals surface area contributed by atoms with Gasteiger partial charge >= 0.3 is 18.5 Å². The molecule has 13 heteroatoms. The van der Waals surface area contributed by atoms with Crippen LogP contribution in [0.4, 0.5) is 50.9 Å². The number of benzene rings is 3. The lowest BCUT2D eigenvalue weighted by atomic mass is 10.1. The molecule has 0 aliphatic heterocycles. The molecule has 0 amide bonds. The Kier molecular flexibility index (Phi) is 6.24. The molecule has 34 heavy (non-hydrogen) atoms. The predicted molar refractivity (Wildman–Crippen MR) is 103 cm³/mol. The Morgan fingerprint density at radius 3 is 1.38 bits per heavy atom. The van der Waals surface area contributed by atoms with Crippen LogP contribution in [0.15, 0.2) is 54.6 Å². The summed E-state index contributed by atoms with van der Waals surface area (Å²) in [6.07, 6.45) is -14.6. The zero-order chi connectivity index (χ0) is 25.5. The van der Waals surface area contributed by atoms with Crippen molar-refractivity contribution in [2.45, 2.75) is 18.5 Å². The van der Waals surface area contributed by atoms with Gasteiger partial charge in [-0.2, -0.15) is 39.5 Å². The summed E-state index contributed by atoms with van der Waals surface area (Å²) >= 11 is 0. The third kappa shape index (κ3) is 5.41. The van der Waals surface area contributed by atoms with Crippen molar-refractivity contribution in [2.24, 2.45) is 0 Å². The largest absolute Gasteiger partial charge is 0.453 e. The summed E-state index contributed by atoms with van der Waals surface area (Å²) in [5.74, 6) is -2.36. The quantitative estimate of drug-likeness (QED) is 0.290. The molecule has 3 aromatic carbocycles. The lowest BCUT2D eigenvalue weighted by molar-refractivity contribution is -0.139. The van der Waals surface area contributed by atoms with Crippen molar-refractivity contribution in [3.8, 4) is 23.0 Å². The number of nitrogen functional groups attached to an aromatic ring is 2. The molecule has 0 spiro atoms. The third-order valence-electron chi connectivity index (χ3n) is 4.39. The number of para-hydroxylation sites is 1. The van der Waals surface area contributed by atoms with E-state index in [4.69, 9.17) is 20.9 Å². The number of halogens is 9. The Bertz CT molecular complexity index is 1200. The van der Waals surface area contributed by atoms with E-state index in [9.17, 15) is 39.5 Å². The van der Waals surface area contributed by atoms with Gasteiger partial charge in [0.1, 0.15) is 17.1 Å². The van der Waals surface area contributed by atoms with E-state index in [2.05, 4.69) is 0 Å². The molecule has 4 N–H and O–H groups in total. The van der Waals surface area contributed by atoms with Crippen molar-refractivity contribution in [2.75, 3.05) is 11.5 Å². The molecule has 0 aliphatic carbocycles. The van der Waals surface area contributed by atoms with E-state index >= 15 is 0 Å². The molecule has 0 bridgehead atoms. The van der Waals surface area contributed by atoms with Crippen LogP contribution in [-0.4, -0.2) is 0 Å². The first-order valence-electron chi connectivity index (χ1n) is 9.06. The molecule has 182 valence electrons. The van der Waals surface area contributed by atoms with E-state index in [1.165, 1.54) is 0 Å². The molecule has 0 heterocycles. The molecule has 0 fully saturated rings. The Morgan fingerprint density at radius 1 is 0.529 bits per heavy atom. The Morgan fingerprint density at radius 2 is 0.971 bits per heavy atom. The van der Waals surface area contributed by atoms with Gasteiger partial charge < -0.3 is 20.9 Å². The summed E-state index contributed by atoms with van der Waals surface area (Å²) in [6, 6.07) is 6.71. The number of nitrogens with two attached hydrogens (primary N) is 2. The van der Waals surface area contributed by atoms with Crippen LogP contribution in [0.2, 0.25) is 0 Å². The van der Waals surface area contributed by atoms with Gasteiger partial charge in [-0.3, -0.25) is 0 Å². The van der Waals surface area contributed by atoms with Gasteiger partial charge in [0.15, 0.2) is 11.5 Å². The van der Waals surface area contributed by atoms with E-state index in [-0.39, 0.29) is 5.75 Å². The Hall–Kier alpha value is -3.77. The molecular formula is C21H13F9N2O2. The first-order chi connectivity index (χ1) is 15.6. The second-order valence-corrected chi connectivity index (χ2v) is 6.83. The third-order valence-corrected chi connectivity index (χ3v) is 4.39. The molecule has 0 aliphatic rings. The van der Waals surface area contributed by atoms with Crippen molar-refractivity contribution < 1.29 is 49.0 Å². The summed E-state index contributed by atoms with van der Waals surface area (Å²) in [4.78, 5) is 0. The fourth-order valence-corrected chi connectivity index (χ4v) is 2.89. The molecule has 3 aromatic rings. The first-order valence-corrected chi connectivity index (χ1v) is 9.06. The molecule has 4 nitrogen and oxygen atoms in total. The Labute approximate surface area is 185 Å². The molecule has 0 atom stereocenters. The maximum atomic E-state index is 13.6. The number of hydrogen-bond acceptors (Lipinski definition) is 4. The smallest absolute Gasteiger partial charge is 0.420 e. The van der Waals surface area contributed by atoms with Gasteiger partial charge in [-0.1, -0.05) is 6.07 Å². The van der Waals surface area contributed by atoms with Gasteiger partial charge in [0, 0.05) is 23.5 Å². The highest BCUT2D eigenvalue weighted by molar-refractivity contribution is 5.58. The minimum atomic E-state index is -4.98. The average molecular weight is 496 g/mol. The van der Waals surface area contributed by atoms with Crippen molar-refractivity contribution in [3.05, 3.63) is 71.3 Å². The normalized spacial score (nSPS) is 12.5. The minimum absolute atomic E-state index is 0.346. The van der Waals surface area contributed by atoms with E-state index in [0.717, 1.165) is 30.3 Å². The van der Waals surface area contributed by atoms with E-state index in [1.807, 2.05) is 0 Å². The fraction of sp³-hybridized carbons (Fsp3) is 0.143. The predicted octanol–water partition coefficient (Wildman–Crippen LogP) is 7.49. The molecule has 3 rings (SSSR count). The van der Waals surface area contributed by atoms with Crippen LogP contribution in [0.1, 0.15) is 16.7 Å². The molecular weight excluding hydrogens is 483 g/mol. The van der Waals surface area contributed by atoms with E-state index in [1.54, 1.807) is 0 Å². The van der Waals surface area contributed by atoms with E-state index < -0.39 is 63.8 Å². The van der Waals surface area contributed by atoms with Gasteiger partial charge in [-0.05, 0) is 36.4 Å². The molecule has 0 aromatic heterocycles. The maximum absolute atomic E-state index is 13.6. The molecule has 0 saturated carbocycles. The van der Waals surface area contributed by atoms with Gasteiger partial charge in [0.05, 0.1) is 11.1 Å². The van der Waals surface area contributed by atoms with Crippen molar-refractivity contribution in [1.29, 1.82) is 0 Å². The highest BCUT2D eigenvalue weighted by Crippen LogP contribution is 2.46. The van der Waals surface area contributed by atoms with Crippen LogP contribution < -0.4 is 20.9 Å². The van der Waals surface area contributed by atoms with Crippen molar-refractivity contribution >= 4 is 11.4 Å². The van der Waals surface area contributed by atoms with Gasteiger partial charge in [0.2, 0.25) is 0 Å². The summed E-state index contributed by atoms with van der Waals surface area (Å²) < 4.78 is 129. The van der Waals surface area contributed by atoms with Crippen LogP contribution in [0.25, 0.3) is 0 Å². The maximum Gasteiger partial charge on any atom is 0.420 e. The highest BCUT2D eigenvalue weighted by atomic mass is 19.4. The average Bonchev–Trinajstić information content (AvgIpc) is 2.66. The summed E-state index contributed by atoms with van der Waals surface area (Å²) in [6.45, 7) is 0. The number of alkyl halides is 9. The first kappa shape index (κ1) is 24.9. The number of hydrogen-bond donors (Lipinski definition) is 2. The second-order valence-electron chi connectivity index (χ2n) is 6.83. The molecule has 0 radical (unpaired) electrons. The lowest BCUT2D eigenvalue weighted by Crippen LogP contribution is -2.10. The summed E-state index contributed by atoms with van der Waals surface area (Å²) in [7, 11) is 0. The Balaban J connectivity index is 2.04. The fourth-order valence-electron chi connectivity index (χ4n) is 2.89. The standard InChI is InChI=1S/C21H13F9N2O2/c22-19(23,24)12-6-4-10(8-15(12)31)33-17-3-1-2-14(21(28,29)30)18(17)34-11-5-7-13(16(32)9-11)20(25,26)27/h1-9H,31-32H2. The second kappa shape index (κ2) is 8.54. The number of rotatable bonds is 4. The number of anilines is 2. The van der Waals surface area contributed by atoms with Crippen LogP contribution in [0.5, 0.6) is 23.0 Å².